The highest BCUT2D eigenvalue weighted by molar-refractivity contribution is 6.02. The molecule has 0 saturated carbocycles. The Morgan fingerprint density at radius 2 is 1.53 bits per heavy atom. The van der Waals surface area contributed by atoms with Crippen molar-refractivity contribution in [1.82, 2.24) is 4.90 Å². The van der Waals surface area contributed by atoms with E-state index in [0.29, 0.717) is 16.9 Å². The summed E-state index contributed by atoms with van der Waals surface area (Å²) < 4.78 is 10.9. The summed E-state index contributed by atoms with van der Waals surface area (Å²) in [5.41, 5.74) is 2.53. The summed E-state index contributed by atoms with van der Waals surface area (Å²) in [6, 6.07) is 27.6. The molecule has 3 aromatic carbocycles. The van der Waals surface area contributed by atoms with Crippen molar-refractivity contribution in [2.45, 2.75) is 18.7 Å². The number of benzene rings is 3. The summed E-state index contributed by atoms with van der Waals surface area (Å²) in [6.45, 7) is 0.206. The van der Waals surface area contributed by atoms with Crippen LogP contribution in [0.1, 0.15) is 27.8 Å². The lowest BCUT2D eigenvalue weighted by atomic mass is 10.00. The van der Waals surface area contributed by atoms with Crippen LogP contribution in [-0.2, 0) is 16.1 Å². The van der Waals surface area contributed by atoms with Gasteiger partial charge in [0.1, 0.15) is 0 Å². The maximum Gasteiger partial charge on any atom is 0.411 e. The van der Waals surface area contributed by atoms with Crippen LogP contribution in [-0.4, -0.2) is 28.8 Å². The third-order valence-electron chi connectivity index (χ3n) is 5.81. The minimum absolute atomic E-state index is 0.168. The normalized spacial score (nSPS) is 16.9. The van der Waals surface area contributed by atoms with Gasteiger partial charge in [0.15, 0.2) is 17.9 Å². The standard InChI is InChI=1S/C28H23N3O5/c32-26(23-15-8-16-35-23)30-22-14-7-11-20(17-22)25-24(27(33)29-21-12-5-2-6-13-21)31(28(34)36-25)18-19-9-3-1-4-10-19/h1-17,24-25H,18H2,(H,29,33)(H,30,32)/t24-,25+/m0/s1. The fourth-order valence-corrected chi connectivity index (χ4v) is 4.12. The highest BCUT2D eigenvalue weighted by Crippen LogP contribution is 2.35. The van der Waals surface area contributed by atoms with E-state index in [1.807, 2.05) is 48.5 Å². The number of carbonyl (C=O) groups is 3. The van der Waals surface area contributed by atoms with Crippen molar-refractivity contribution in [2.24, 2.45) is 0 Å². The number of furan rings is 1. The van der Waals surface area contributed by atoms with Crippen LogP contribution >= 0.6 is 0 Å². The maximum absolute atomic E-state index is 13.5. The molecule has 2 atom stereocenters. The van der Waals surface area contributed by atoms with Crippen molar-refractivity contribution < 1.29 is 23.5 Å². The average molecular weight is 482 g/mol. The van der Waals surface area contributed by atoms with Gasteiger partial charge in [-0.2, -0.15) is 0 Å². The molecule has 2 N–H and O–H groups in total. The number of amides is 3. The highest BCUT2D eigenvalue weighted by Gasteiger charge is 2.47. The first-order chi connectivity index (χ1) is 17.6. The van der Waals surface area contributed by atoms with Crippen LogP contribution < -0.4 is 10.6 Å². The Kier molecular flexibility index (Phi) is 6.48. The zero-order valence-electron chi connectivity index (χ0n) is 19.2. The first-order valence-electron chi connectivity index (χ1n) is 11.4. The van der Waals surface area contributed by atoms with E-state index in [1.165, 1.54) is 11.2 Å². The van der Waals surface area contributed by atoms with Crippen molar-refractivity contribution in [3.05, 3.63) is 120 Å². The van der Waals surface area contributed by atoms with E-state index in [4.69, 9.17) is 9.15 Å². The predicted molar refractivity (Wildman–Crippen MR) is 133 cm³/mol. The van der Waals surface area contributed by atoms with Gasteiger partial charge in [0, 0.05) is 11.4 Å². The SMILES string of the molecule is O=C(Nc1cccc([C@H]2OC(=O)N(Cc3ccccc3)[C@@H]2C(=O)Nc2ccccc2)c1)c1ccco1. The summed E-state index contributed by atoms with van der Waals surface area (Å²) in [6.07, 6.45) is -0.0619. The highest BCUT2D eigenvalue weighted by atomic mass is 16.6. The zero-order valence-corrected chi connectivity index (χ0v) is 19.2. The van der Waals surface area contributed by atoms with Gasteiger partial charge in [0.2, 0.25) is 0 Å². The van der Waals surface area contributed by atoms with Crippen LogP contribution in [0.2, 0.25) is 0 Å². The number of nitrogens with one attached hydrogen (secondary N) is 2. The number of rotatable bonds is 7. The van der Waals surface area contributed by atoms with Crippen LogP contribution in [0, 0.1) is 0 Å². The molecule has 1 saturated heterocycles. The van der Waals surface area contributed by atoms with Gasteiger partial charge in [0.05, 0.1) is 12.8 Å². The van der Waals surface area contributed by atoms with Crippen molar-refractivity contribution in [3.63, 3.8) is 0 Å². The molecule has 3 amide bonds. The van der Waals surface area contributed by atoms with Crippen LogP contribution in [0.4, 0.5) is 16.2 Å². The first-order valence-corrected chi connectivity index (χ1v) is 11.4. The van der Waals surface area contributed by atoms with Crippen LogP contribution in [0.25, 0.3) is 0 Å². The Bertz CT molecular complexity index is 1360. The van der Waals surface area contributed by atoms with E-state index in [2.05, 4.69) is 10.6 Å². The predicted octanol–water partition coefficient (Wildman–Crippen LogP) is 5.23. The van der Waals surface area contributed by atoms with E-state index < -0.39 is 24.1 Å². The summed E-state index contributed by atoms with van der Waals surface area (Å²) in [7, 11) is 0. The molecule has 4 aromatic rings. The fraction of sp³-hybridized carbons (Fsp3) is 0.107. The molecule has 5 rings (SSSR count). The molecule has 0 aliphatic carbocycles. The molecule has 8 heteroatoms. The Balaban J connectivity index is 1.44. The molecular formula is C28H23N3O5. The van der Waals surface area contributed by atoms with Crippen LogP contribution in [0.5, 0.6) is 0 Å². The summed E-state index contributed by atoms with van der Waals surface area (Å²) in [4.78, 5) is 40.3. The number of ether oxygens (including phenoxy) is 1. The molecule has 2 heterocycles. The van der Waals surface area contributed by atoms with Gasteiger partial charge in [-0.1, -0.05) is 60.7 Å². The Morgan fingerprint density at radius 1 is 0.806 bits per heavy atom. The molecule has 0 radical (unpaired) electrons. The number of carbonyl (C=O) groups excluding carboxylic acids is 3. The van der Waals surface area contributed by atoms with E-state index in [1.54, 1.807) is 48.5 Å². The topological polar surface area (TPSA) is 101 Å². The van der Waals surface area contributed by atoms with E-state index >= 15 is 0 Å². The monoisotopic (exact) mass is 481 g/mol. The van der Waals surface area contributed by atoms with Crippen molar-refractivity contribution in [2.75, 3.05) is 10.6 Å². The Morgan fingerprint density at radius 3 is 2.25 bits per heavy atom. The number of para-hydroxylation sites is 1. The van der Waals surface area contributed by atoms with Crippen molar-refractivity contribution >= 4 is 29.3 Å². The second-order valence-corrected chi connectivity index (χ2v) is 8.27. The van der Waals surface area contributed by atoms with Gasteiger partial charge in [-0.05, 0) is 47.5 Å². The molecule has 36 heavy (non-hydrogen) atoms. The van der Waals surface area contributed by atoms with Gasteiger partial charge >= 0.3 is 6.09 Å². The Labute approximate surface area is 207 Å². The van der Waals surface area contributed by atoms with Gasteiger partial charge in [-0.15, -0.1) is 0 Å². The van der Waals surface area contributed by atoms with E-state index in [-0.39, 0.29) is 18.2 Å². The zero-order chi connectivity index (χ0) is 24.9. The maximum atomic E-state index is 13.5. The smallest absolute Gasteiger partial charge is 0.411 e. The molecule has 0 bridgehead atoms. The van der Waals surface area contributed by atoms with E-state index in [0.717, 1.165) is 5.56 Å². The number of hydrogen-bond donors (Lipinski definition) is 2. The number of cyclic esters (lactones) is 1. The lowest BCUT2D eigenvalue weighted by Crippen LogP contribution is -2.43. The molecule has 1 fully saturated rings. The third kappa shape index (κ3) is 4.97. The van der Waals surface area contributed by atoms with Gasteiger partial charge < -0.3 is 19.8 Å². The summed E-state index contributed by atoms with van der Waals surface area (Å²) in [5, 5.41) is 5.66. The Hall–Kier alpha value is -4.85. The van der Waals surface area contributed by atoms with E-state index in [9.17, 15) is 14.4 Å². The van der Waals surface area contributed by atoms with Crippen LogP contribution in [0.3, 0.4) is 0 Å². The third-order valence-corrected chi connectivity index (χ3v) is 5.81. The summed E-state index contributed by atoms with van der Waals surface area (Å²) >= 11 is 0. The number of hydrogen-bond acceptors (Lipinski definition) is 5. The fourth-order valence-electron chi connectivity index (χ4n) is 4.12. The number of nitrogens with zero attached hydrogens (tertiary/aromatic N) is 1. The molecule has 1 aromatic heterocycles. The van der Waals surface area contributed by atoms with Crippen LogP contribution in [0.15, 0.2) is 108 Å². The minimum atomic E-state index is -0.936. The molecule has 0 unspecified atom stereocenters. The van der Waals surface area contributed by atoms with Crippen molar-refractivity contribution in [3.8, 4) is 0 Å². The lowest BCUT2D eigenvalue weighted by molar-refractivity contribution is -0.121. The van der Waals surface area contributed by atoms with Crippen molar-refractivity contribution in [1.29, 1.82) is 0 Å². The average Bonchev–Trinajstić information content (AvgIpc) is 3.54. The molecule has 180 valence electrons. The molecule has 8 nitrogen and oxygen atoms in total. The lowest BCUT2D eigenvalue weighted by Gasteiger charge is -2.24. The van der Waals surface area contributed by atoms with Gasteiger partial charge in [0.25, 0.3) is 11.8 Å². The quantitative estimate of drug-likeness (QED) is 0.376. The molecule has 1 aliphatic rings. The minimum Gasteiger partial charge on any atom is -0.459 e. The van der Waals surface area contributed by atoms with Gasteiger partial charge in [-0.3, -0.25) is 14.5 Å². The molecule has 0 spiro atoms. The molecule has 1 aliphatic heterocycles. The first kappa shape index (κ1) is 22.9. The van der Waals surface area contributed by atoms with Gasteiger partial charge in [-0.25, -0.2) is 4.79 Å². The molecular weight excluding hydrogens is 458 g/mol. The second kappa shape index (κ2) is 10.2. The summed E-state index contributed by atoms with van der Waals surface area (Å²) in [5.74, 6) is -0.621. The second-order valence-electron chi connectivity index (χ2n) is 8.27. The number of anilines is 2. The largest absolute Gasteiger partial charge is 0.459 e.